The molecule has 0 saturated carbocycles. The van der Waals surface area contributed by atoms with Gasteiger partial charge in [0.1, 0.15) is 0 Å². The van der Waals surface area contributed by atoms with Crippen molar-refractivity contribution >= 4 is 45.2 Å². The first kappa shape index (κ1) is 16.8. The van der Waals surface area contributed by atoms with Crippen LogP contribution in [0.25, 0.3) is 0 Å². The third kappa shape index (κ3) is 4.68. The monoisotopic (exact) mass is 362 g/mol. The number of benzene rings is 1. The molecule has 1 aromatic rings. The number of carbonyl (C=O) groups excluding carboxylic acids is 1. The van der Waals surface area contributed by atoms with E-state index >= 15 is 0 Å². The van der Waals surface area contributed by atoms with Crippen molar-refractivity contribution in [2.75, 3.05) is 11.9 Å². The molecule has 0 fully saturated rings. The number of carboxylic acid groups (broad SMARTS) is 1. The lowest BCUT2D eigenvalue weighted by molar-refractivity contribution is -0.142. The average molecular weight is 364 g/mol. The maximum Gasteiger partial charge on any atom is 0.319 e. The topological polar surface area (TPSA) is 78.4 Å². The molecule has 5 nitrogen and oxygen atoms in total. The molecule has 0 saturated heterocycles. The van der Waals surface area contributed by atoms with Gasteiger partial charge in [-0.05, 0) is 34.0 Å². The average Bonchev–Trinajstić information content (AvgIpc) is 2.34. The van der Waals surface area contributed by atoms with Gasteiger partial charge in [0.2, 0.25) is 0 Å². The number of nitrogens with one attached hydrogen (secondary N) is 2. The molecule has 0 aliphatic carbocycles. The lowest BCUT2D eigenvalue weighted by Crippen LogP contribution is -2.37. The van der Waals surface area contributed by atoms with Gasteiger partial charge in [0.15, 0.2) is 0 Å². The smallest absolute Gasteiger partial charge is 0.319 e. The molecular weight excluding hydrogens is 348 g/mol. The van der Waals surface area contributed by atoms with Crippen LogP contribution in [-0.2, 0) is 4.79 Å². The zero-order valence-electron chi connectivity index (χ0n) is 11.1. The summed E-state index contributed by atoms with van der Waals surface area (Å²) in [5.74, 6) is -1.61. The van der Waals surface area contributed by atoms with E-state index in [1.54, 1.807) is 32.0 Å². The molecule has 0 spiro atoms. The van der Waals surface area contributed by atoms with Crippen molar-refractivity contribution in [3.8, 4) is 0 Å². The molecular formula is C13H16BrClN2O3. The van der Waals surface area contributed by atoms with Gasteiger partial charge in [-0.25, -0.2) is 4.79 Å². The fourth-order valence-electron chi connectivity index (χ4n) is 1.58. The number of urea groups is 1. The second-order valence-electron chi connectivity index (χ2n) is 4.63. The largest absolute Gasteiger partial charge is 0.481 e. The van der Waals surface area contributed by atoms with Crippen molar-refractivity contribution in [2.24, 2.45) is 11.8 Å². The molecule has 3 N–H and O–H groups in total. The maximum absolute atomic E-state index is 11.7. The lowest BCUT2D eigenvalue weighted by atomic mass is 9.96. The first-order chi connectivity index (χ1) is 9.32. The van der Waals surface area contributed by atoms with Crippen LogP contribution in [0.4, 0.5) is 10.5 Å². The summed E-state index contributed by atoms with van der Waals surface area (Å²) in [5, 5.41) is 14.7. The van der Waals surface area contributed by atoms with Gasteiger partial charge >= 0.3 is 12.0 Å². The van der Waals surface area contributed by atoms with Gasteiger partial charge < -0.3 is 15.7 Å². The van der Waals surface area contributed by atoms with Crippen LogP contribution in [0.15, 0.2) is 22.7 Å². The van der Waals surface area contributed by atoms with Crippen molar-refractivity contribution in [1.82, 2.24) is 5.32 Å². The van der Waals surface area contributed by atoms with Gasteiger partial charge in [-0.3, -0.25) is 4.79 Å². The Morgan fingerprint density at radius 3 is 2.60 bits per heavy atom. The van der Waals surface area contributed by atoms with E-state index in [1.807, 2.05) is 0 Å². The molecule has 1 aromatic carbocycles. The Morgan fingerprint density at radius 1 is 1.40 bits per heavy atom. The summed E-state index contributed by atoms with van der Waals surface area (Å²) in [6.07, 6.45) is 0. The molecule has 0 aliphatic rings. The van der Waals surface area contributed by atoms with E-state index in [9.17, 15) is 9.59 Å². The summed E-state index contributed by atoms with van der Waals surface area (Å²) in [6, 6.07) is 4.61. The number of amides is 2. The quantitative estimate of drug-likeness (QED) is 0.748. The Morgan fingerprint density at radius 2 is 2.05 bits per heavy atom. The highest BCUT2D eigenvalue weighted by Crippen LogP contribution is 2.29. The normalized spacial score (nSPS) is 12.1. The van der Waals surface area contributed by atoms with Crippen LogP contribution in [0.1, 0.15) is 13.8 Å². The number of anilines is 1. The highest BCUT2D eigenvalue weighted by molar-refractivity contribution is 9.10. The zero-order valence-corrected chi connectivity index (χ0v) is 13.5. The Balaban J connectivity index is 2.60. The predicted molar refractivity (Wildman–Crippen MR) is 82.1 cm³/mol. The third-order valence-electron chi connectivity index (χ3n) is 2.80. The lowest BCUT2D eigenvalue weighted by Gasteiger charge is -2.17. The van der Waals surface area contributed by atoms with Crippen LogP contribution < -0.4 is 10.6 Å². The molecule has 0 aliphatic heterocycles. The Labute approximate surface area is 130 Å². The predicted octanol–water partition coefficient (Wildman–Crippen LogP) is 3.58. The zero-order chi connectivity index (χ0) is 15.3. The maximum atomic E-state index is 11.7. The number of carboxylic acids is 1. The summed E-state index contributed by atoms with van der Waals surface area (Å²) in [5.41, 5.74) is 0.520. The summed E-state index contributed by atoms with van der Waals surface area (Å²) < 4.78 is 0.579. The number of hydrogen-bond donors (Lipinski definition) is 3. The Hall–Kier alpha value is -1.27. The number of rotatable bonds is 5. The minimum absolute atomic E-state index is 0.0642. The number of carbonyl (C=O) groups is 2. The van der Waals surface area contributed by atoms with Crippen molar-refractivity contribution < 1.29 is 14.7 Å². The highest BCUT2D eigenvalue weighted by Gasteiger charge is 2.22. The van der Waals surface area contributed by atoms with Crippen molar-refractivity contribution in [1.29, 1.82) is 0 Å². The fourth-order valence-corrected chi connectivity index (χ4v) is 2.12. The van der Waals surface area contributed by atoms with E-state index in [-0.39, 0.29) is 12.5 Å². The first-order valence-corrected chi connectivity index (χ1v) is 7.21. The fraction of sp³-hybridized carbons (Fsp3) is 0.385. The minimum Gasteiger partial charge on any atom is -0.481 e. The van der Waals surface area contributed by atoms with Crippen LogP contribution in [0.3, 0.4) is 0 Å². The van der Waals surface area contributed by atoms with Crippen LogP contribution in [-0.4, -0.2) is 23.7 Å². The van der Waals surface area contributed by atoms with E-state index in [2.05, 4.69) is 26.6 Å². The van der Waals surface area contributed by atoms with Crippen LogP contribution in [0.5, 0.6) is 0 Å². The molecule has 7 heteroatoms. The third-order valence-corrected chi connectivity index (χ3v) is 4.20. The number of aliphatic carboxylic acids is 1. The van der Waals surface area contributed by atoms with E-state index < -0.39 is 17.9 Å². The van der Waals surface area contributed by atoms with Crippen LogP contribution >= 0.6 is 27.5 Å². The van der Waals surface area contributed by atoms with Gasteiger partial charge in [-0.2, -0.15) is 0 Å². The second-order valence-corrected chi connectivity index (χ2v) is 5.83. The summed E-state index contributed by atoms with van der Waals surface area (Å²) in [4.78, 5) is 22.8. The van der Waals surface area contributed by atoms with Crippen molar-refractivity contribution in [2.45, 2.75) is 13.8 Å². The molecule has 1 unspecified atom stereocenters. The van der Waals surface area contributed by atoms with Crippen LogP contribution in [0, 0.1) is 11.8 Å². The Bertz CT molecular complexity index is 508. The second kappa shape index (κ2) is 7.50. The highest BCUT2D eigenvalue weighted by atomic mass is 79.9. The summed E-state index contributed by atoms with van der Waals surface area (Å²) >= 11 is 9.18. The van der Waals surface area contributed by atoms with Gasteiger partial charge in [-0.1, -0.05) is 31.5 Å². The molecule has 2 amide bonds. The van der Waals surface area contributed by atoms with Gasteiger partial charge in [-0.15, -0.1) is 0 Å². The van der Waals surface area contributed by atoms with Gasteiger partial charge in [0.25, 0.3) is 0 Å². The number of hydrogen-bond acceptors (Lipinski definition) is 2. The van der Waals surface area contributed by atoms with Gasteiger partial charge in [0, 0.05) is 6.54 Å². The molecule has 20 heavy (non-hydrogen) atoms. The van der Waals surface area contributed by atoms with E-state index in [0.29, 0.717) is 15.2 Å². The molecule has 0 radical (unpaired) electrons. The van der Waals surface area contributed by atoms with Crippen LogP contribution in [0.2, 0.25) is 5.02 Å². The molecule has 0 heterocycles. The minimum atomic E-state index is -0.927. The molecule has 1 rings (SSSR count). The first-order valence-electron chi connectivity index (χ1n) is 6.04. The molecule has 110 valence electrons. The summed E-state index contributed by atoms with van der Waals surface area (Å²) in [6.45, 7) is 3.66. The van der Waals surface area contributed by atoms with E-state index in [1.165, 1.54) is 0 Å². The van der Waals surface area contributed by atoms with E-state index in [4.69, 9.17) is 16.7 Å². The molecule has 1 atom stereocenters. The van der Waals surface area contributed by atoms with Crippen molar-refractivity contribution in [3.63, 3.8) is 0 Å². The summed E-state index contributed by atoms with van der Waals surface area (Å²) in [7, 11) is 0. The van der Waals surface area contributed by atoms with Gasteiger partial charge in [0.05, 0.1) is 21.1 Å². The van der Waals surface area contributed by atoms with E-state index in [0.717, 1.165) is 0 Å². The Kier molecular flexibility index (Phi) is 6.29. The SMILES string of the molecule is CC(C)C(CNC(=O)Nc1cccc(Cl)c1Br)C(=O)O. The van der Waals surface area contributed by atoms with Crippen molar-refractivity contribution in [3.05, 3.63) is 27.7 Å². The molecule has 0 aromatic heterocycles. The molecule has 0 bridgehead atoms. The standard InChI is InChI=1S/C13H16BrClN2O3/c1-7(2)8(12(18)19)6-16-13(20)17-10-5-3-4-9(15)11(10)14/h3-5,7-8H,6H2,1-2H3,(H,18,19)(H2,16,17,20). The number of halogens is 2.